The molecule has 8 heteroatoms. The lowest BCUT2D eigenvalue weighted by molar-refractivity contribution is -0.139. The summed E-state index contributed by atoms with van der Waals surface area (Å²) >= 11 is 0. The molecule has 1 heterocycles. The molecule has 21 heavy (non-hydrogen) atoms. The normalized spacial score (nSPS) is 11.2. The largest absolute Gasteiger partial charge is 0.478 e. The van der Waals surface area contributed by atoms with Crippen molar-refractivity contribution in [3.05, 3.63) is 35.8 Å². The zero-order valence-corrected chi connectivity index (χ0v) is 11.2. The number of furan rings is 1. The average molecular weight is 305 g/mol. The molecule has 0 fully saturated rings. The first-order chi connectivity index (χ1) is 9.69. The van der Waals surface area contributed by atoms with Gasteiger partial charge in [0, 0.05) is 19.0 Å². The van der Waals surface area contributed by atoms with Crippen molar-refractivity contribution in [1.82, 2.24) is 4.90 Å². The molecule has 0 aromatic carbocycles. The van der Waals surface area contributed by atoms with Crippen molar-refractivity contribution in [3.8, 4) is 0 Å². The van der Waals surface area contributed by atoms with Crippen LogP contribution < -0.4 is 0 Å². The van der Waals surface area contributed by atoms with Gasteiger partial charge in [0.15, 0.2) is 5.76 Å². The van der Waals surface area contributed by atoms with Crippen molar-refractivity contribution in [2.45, 2.75) is 19.5 Å². The molecule has 1 aromatic rings. The molecule has 0 unspecified atom stereocenters. The van der Waals surface area contributed by atoms with E-state index in [1.165, 1.54) is 0 Å². The second kappa shape index (κ2) is 6.47. The number of carboxylic acid groups (broad SMARTS) is 1. The van der Waals surface area contributed by atoms with E-state index in [2.05, 4.69) is 6.58 Å². The van der Waals surface area contributed by atoms with Crippen LogP contribution in [0.3, 0.4) is 0 Å². The second-order valence-electron chi connectivity index (χ2n) is 4.20. The Morgan fingerprint density at radius 3 is 2.48 bits per heavy atom. The molecule has 1 aromatic heterocycles. The smallest absolute Gasteiger partial charge is 0.406 e. The fourth-order valence-electron chi connectivity index (χ4n) is 1.73. The molecule has 0 saturated carbocycles. The number of hydrogen-bond donors (Lipinski definition) is 1. The summed E-state index contributed by atoms with van der Waals surface area (Å²) in [5.41, 5.74) is -0.230. The lowest BCUT2D eigenvalue weighted by atomic mass is 10.2. The number of carbonyl (C=O) groups is 2. The first-order valence-electron chi connectivity index (χ1n) is 6.02. The molecule has 1 rings (SSSR count). The van der Waals surface area contributed by atoms with Gasteiger partial charge in [0.2, 0.25) is 0 Å². The van der Waals surface area contributed by atoms with Crippen molar-refractivity contribution < 1.29 is 32.3 Å². The zero-order valence-electron chi connectivity index (χ0n) is 11.2. The van der Waals surface area contributed by atoms with Crippen molar-refractivity contribution >= 4 is 11.9 Å². The Hall–Kier alpha value is -2.25. The number of carboxylic acids is 1. The van der Waals surface area contributed by atoms with Gasteiger partial charge in [0.1, 0.15) is 17.9 Å². The fourth-order valence-corrected chi connectivity index (χ4v) is 1.73. The molecule has 1 N–H and O–H groups in total. The summed E-state index contributed by atoms with van der Waals surface area (Å²) in [5.74, 6) is -2.73. The Labute approximate surface area is 118 Å². The molecule has 0 radical (unpaired) electrons. The number of halogens is 3. The quantitative estimate of drug-likeness (QED) is 0.820. The number of carbonyl (C=O) groups excluding carboxylic acids is 1. The highest BCUT2D eigenvalue weighted by Crippen LogP contribution is 2.21. The first kappa shape index (κ1) is 16.8. The van der Waals surface area contributed by atoms with Crippen LogP contribution in [-0.2, 0) is 6.42 Å². The molecule has 0 aliphatic carbocycles. The minimum atomic E-state index is -4.57. The maximum Gasteiger partial charge on any atom is 0.406 e. The highest BCUT2D eigenvalue weighted by atomic mass is 19.4. The zero-order chi connectivity index (χ0) is 16.2. The molecule has 5 nitrogen and oxygen atoms in total. The highest BCUT2D eigenvalue weighted by molar-refractivity contribution is 5.96. The van der Waals surface area contributed by atoms with Crippen molar-refractivity contribution in [2.75, 3.05) is 13.1 Å². The van der Waals surface area contributed by atoms with Crippen LogP contribution in [0.5, 0.6) is 0 Å². The molecular formula is C13H14F3NO4. The molecule has 0 aliphatic heterocycles. The fraction of sp³-hybridized carbons (Fsp3) is 0.385. The molecule has 116 valence electrons. The van der Waals surface area contributed by atoms with Gasteiger partial charge < -0.3 is 14.4 Å². The molecule has 0 aliphatic rings. The number of aryl methyl sites for hydroxylation is 1. The topological polar surface area (TPSA) is 70.8 Å². The van der Waals surface area contributed by atoms with Gasteiger partial charge >= 0.3 is 12.1 Å². The third-order valence-corrected chi connectivity index (χ3v) is 2.58. The van der Waals surface area contributed by atoms with Crippen molar-refractivity contribution in [1.29, 1.82) is 0 Å². The number of nitrogens with zero attached hydrogens (tertiary/aromatic N) is 1. The van der Waals surface area contributed by atoms with Crippen LogP contribution in [0.15, 0.2) is 23.1 Å². The van der Waals surface area contributed by atoms with Crippen LogP contribution in [0.1, 0.15) is 33.6 Å². The van der Waals surface area contributed by atoms with Crippen LogP contribution in [0, 0.1) is 0 Å². The minimum absolute atomic E-state index is 0.0383. The average Bonchev–Trinajstić information content (AvgIpc) is 2.80. The van der Waals surface area contributed by atoms with Crippen LogP contribution in [0.25, 0.3) is 0 Å². The van der Waals surface area contributed by atoms with Gasteiger partial charge in [-0.1, -0.05) is 13.0 Å². The number of aromatic carboxylic acids is 1. The maximum absolute atomic E-state index is 12.4. The summed E-state index contributed by atoms with van der Waals surface area (Å²) in [7, 11) is 0. The van der Waals surface area contributed by atoms with Crippen LogP contribution in [-0.4, -0.2) is 41.1 Å². The molecule has 1 amide bonds. The van der Waals surface area contributed by atoms with Crippen LogP contribution in [0.4, 0.5) is 13.2 Å². The van der Waals surface area contributed by atoms with E-state index in [9.17, 15) is 22.8 Å². The number of alkyl halides is 3. The third-order valence-electron chi connectivity index (χ3n) is 2.58. The van der Waals surface area contributed by atoms with E-state index in [1.54, 1.807) is 6.92 Å². The lowest BCUT2D eigenvalue weighted by Crippen LogP contribution is -2.38. The van der Waals surface area contributed by atoms with Gasteiger partial charge in [0.25, 0.3) is 5.91 Å². The first-order valence-corrected chi connectivity index (χ1v) is 6.02. The molecular weight excluding hydrogens is 291 g/mol. The van der Waals surface area contributed by atoms with Crippen LogP contribution >= 0.6 is 0 Å². The Morgan fingerprint density at radius 2 is 2.10 bits per heavy atom. The summed E-state index contributed by atoms with van der Waals surface area (Å²) in [4.78, 5) is 23.5. The Balaban J connectivity index is 3.09. The Kier molecular flexibility index (Phi) is 5.17. The van der Waals surface area contributed by atoms with Crippen LogP contribution in [0.2, 0.25) is 0 Å². The van der Waals surface area contributed by atoms with Crippen molar-refractivity contribution in [3.63, 3.8) is 0 Å². The van der Waals surface area contributed by atoms with Crippen molar-refractivity contribution in [2.24, 2.45) is 0 Å². The lowest BCUT2D eigenvalue weighted by Gasteiger charge is -2.21. The van der Waals surface area contributed by atoms with Gasteiger partial charge in [-0.2, -0.15) is 13.2 Å². The van der Waals surface area contributed by atoms with Gasteiger partial charge in [0.05, 0.1) is 0 Å². The summed E-state index contributed by atoms with van der Waals surface area (Å²) < 4.78 is 42.3. The predicted octanol–water partition coefficient (Wildman–Crippen LogP) is 2.73. The molecule has 0 atom stereocenters. The van der Waals surface area contributed by atoms with Gasteiger partial charge in [-0.05, 0) is 0 Å². The predicted molar refractivity (Wildman–Crippen MR) is 67.2 cm³/mol. The maximum atomic E-state index is 12.4. The number of amides is 1. The van der Waals surface area contributed by atoms with E-state index in [-0.39, 0.29) is 24.3 Å². The Morgan fingerprint density at radius 1 is 1.48 bits per heavy atom. The van der Waals surface area contributed by atoms with E-state index in [0.29, 0.717) is 4.90 Å². The number of hydrogen-bond acceptors (Lipinski definition) is 3. The summed E-state index contributed by atoms with van der Waals surface area (Å²) in [6.45, 7) is 3.10. The van der Waals surface area contributed by atoms with Gasteiger partial charge in [-0.15, -0.1) is 6.58 Å². The van der Waals surface area contributed by atoms with E-state index >= 15 is 0 Å². The summed E-state index contributed by atoms with van der Waals surface area (Å²) in [6, 6.07) is 0.940. The second-order valence-corrected chi connectivity index (χ2v) is 4.20. The van der Waals surface area contributed by atoms with Gasteiger partial charge in [-0.3, -0.25) is 4.79 Å². The molecule has 0 spiro atoms. The highest BCUT2D eigenvalue weighted by Gasteiger charge is 2.34. The summed E-state index contributed by atoms with van der Waals surface area (Å²) in [6.07, 6.45) is -3.23. The van der Waals surface area contributed by atoms with Gasteiger partial charge in [-0.25, -0.2) is 4.79 Å². The molecule has 0 saturated heterocycles. The molecule has 0 bridgehead atoms. The SMILES string of the molecule is C=CCN(CC(F)(F)F)C(=O)c1cc(C(=O)O)c(CC)o1. The monoisotopic (exact) mass is 305 g/mol. The van der Waals surface area contributed by atoms with E-state index < -0.39 is 30.4 Å². The minimum Gasteiger partial charge on any atom is -0.478 e. The standard InChI is InChI=1S/C13H14F3NO4/c1-3-5-17(7-13(14,15)16)11(18)10-6-8(12(19)20)9(4-2)21-10/h3,6H,1,4-5,7H2,2H3,(H,19,20). The summed E-state index contributed by atoms with van der Waals surface area (Å²) in [5, 5.41) is 8.94. The Bertz CT molecular complexity index is 548. The van der Waals surface area contributed by atoms with E-state index in [1.807, 2.05) is 0 Å². The number of rotatable bonds is 6. The van der Waals surface area contributed by atoms with E-state index in [0.717, 1.165) is 12.1 Å². The van der Waals surface area contributed by atoms with E-state index in [4.69, 9.17) is 9.52 Å². The third kappa shape index (κ3) is 4.37.